The fourth-order valence-electron chi connectivity index (χ4n) is 2.90. The molecule has 0 spiro atoms. The maximum absolute atomic E-state index is 12.9. The Kier molecular flexibility index (Phi) is 4.98. The second kappa shape index (κ2) is 6.51. The maximum Gasteiger partial charge on any atom is 0.254 e. The molecule has 0 N–H and O–H groups in total. The van der Waals surface area contributed by atoms with E-state index in [1.807, 2.05) is 0 Å². The highest BCUT2D eigenvalue weighted by Gasteiger charge is 2.43. The molecule has 0 unspecified atom stereocenters. The minimum atomic E-state index is -3.11. The quantitative estimate of drug-likeness (QED) is 0.791. The van der Waals surface area contributed by atoms with Crippen molar-refractivity contribution in [2.45, 2.75) is 18.9 Å². The van der Waals surface area contributed by atoms with Crippen LogP contribution in [0.15, 0.2) is 12.1 Å². The van der Waals surface area contributed by atoms with Crippen molar-refractivity contribution >= 4 is 15.7 Å². The summed E-state index contributed by atoms with van der Waals surface area (Å²) in [6.07, 6.45) is 0.419. The molecule has 134 valence electrons. The maximum atomic E-state index is 12.9. The van der Waals surface area contributed by atoms with Crippen LogP contribution in [0.2, 0.25) is 0 Å². The molecule has 1 aromatic carbocycles. The number of methoxy groups -OCH3 is 3. The smallest absolute Gasteiger partial charge is 0.254 e. The molecule has 1 amide bonds. The average molecular weight is 357 g/mol. The van der Waals surface area contributed by atoms with Crippen molar-refractivity contribution in [3.05, 3.63) is 17.7 Å². The van der Waals surface area contributed by atoms with Crippen LogP contribution >= 0.6 is 0 Å². The van der Waals surface area contributed by atoms with Gasteiger partial charge in [0, 0.05) is 12.6 Å². The highest BCUT2D eigenvalue weighted by molar-refractivity contribution is 7.91. The van der Waals surface area contributed by atoms with E-state index in [0.717, 1.165) is 0 Å². The van der Waals surface area contributed by atoms with E-state index < -0.39 is 15.4 Å². The summed E-state index contributed by atoms with van der Waals surface area (Å²) in [5, 5.41) is 0. The van der Waals surface area contributed by atoms with Crippen molar-refractivity contribution in [3.8, 4) is 17.2 Å². The molecule has 1 heterocycles. The number of carbonyl (C=O) groups is 1. The number of sulfone groups is 1. The van der Waals surface area contributed by atoms with Gasteiger partial charge in [-0.15, -0.1) is 0 Å². The van der Waals surface area contributed by atoms with E-state index in [2.05, 4.69) is 0 Å². The van der Waals surface area contributed by atoms with E-state index in [0.29, 0.717) is 29.2 Å². The van der Waals surface area contributed by atoms with Crippen molar-refractivity contribution in [2.24, 2.45) is 0 Å². The molecule has 1 atom stereocenters. The van der Waals surface area contributed by atoms with E-state index in [9.17, 15) is 13.2 Å². The Balaban J connectivity index is 2.39. The predicted molar refractivity (Wildman–Crippen MR) is 89.9 cm³/mol. The SMILES string of the molecule is COc1cc(C(=O)N(C)[C@]2(C)CCS(=O)(=O)C2)cc(OC)c1OC. The molecular weight excluding hydrogens is 334 g/mol. The number of hydrogen-bond donors (Lipinski definition) is 0. The first-order chi connectivity index (χ1) is 11.2. The first-order valence-electron chi connectivity index (χ1n) is 7.46. The third-order valence-corrected chi connectivity index (χ3v) is 6.40. The molecule has 1 aliphatic heterocycles. The minimum absolute atomic E-state index is 0.0351. The number of benzene rings is 1. The summed E-state index contributed by atoms with van der Waals surface area (Å²) in [4.78, 5) is 14.3. The van der Waals surface area contributed by atoms with E-state index >= 15 is 0 Å². The predicted octanol–water partition coefficient (Wildman–Crippen LogP) is 1.36. The lowest BCUT2D eigenvalue weighted by molar-refractivity contribution is 0.0637. The molecule has 7 nitrogen and oxygen atoms in total. The normalized spacial score (nSPS) is 22.0. The van der Waals surface area contributed by atoms with Crippen LogP contribution in [0.3, 0.4) is 0 Å². The zero-order chi connectivity index (χ0) is 18.1. The number of nitrogens with zero attached hydrogens (tertiary/aromatic N) is 1. The highest BCUT2D eigenvalue weighted by atomic mass is 32.2. The average Bonchev–Trinajstić information content (AvgIpc) is 2.86. The van der Waals surface area contributed by atoms with Crippen LogP contribution in [-0.4, -0.2) is 64.6 Å². The molecule has 2 rings (SSSR count). The van der Waals surface area contributed by atoms with Gasteiger partial charge in [0.1, 0.15) is 0 Å². The highest BCUT2D eigenvalue weighted by Crippen LogP contribution is 2.39. The van der Waals surface area contributed by atoms with Crippen molar-refractivity contribution in [2.75, 3.05) is 39.9 Å². The van der Waals surface area contributed by atoms with Crippen LogP contribution in [0.25, 0.3) is 0 Å². The van der Waals surface area contributed by atoms with Crippen molar-refractivity contribution in [1.82, 2.24) is 4.90 Å². The van der Waals surface area contributed by atoms with E-state index in [4.69, 9.17) is 14.2 Å². The second-order valence-electron chi connectivity index (χ2n) is 6.12. The Morgan fingerprint density at radius 1 is 1.12 bits per heavy atom. The Morgan fingerprint density at radius 2 is 1.67 bits per heavy atom. The van der Waals surface area contributed by atoms with Gasteiger partial charge in [-0.25, -0.2) is 8.42 Å². The summed E-state index contributed by atoms with van der Waals surface area (Å²) in [6, 6.07) is 3.12. The van der Waals surface area contributed by atoms with Crippen LogP contribution in [0.5, 0.6) is 17.2 Å². The molecular formula is C16H23NO6S. The molecule has 1 saturated heterocycles. The summed E-state index contributed by atoms with van der Waals surface area (Å²) in [5.41, 5.74) is -0.381. The first-order valence-corrected chi connectivity index (χ1v) is 9.28. The van der Waals surface area contributed by atoms with E-state index in [1.54, 1.807) is 26.1 Å². The van der Waals surface area contributed by atoms with Gasteiger partial charge in [-0.2, -0.15) is 0 Å². The van der Waals surface area contributed by atoms with E-state index in [1.165, 1.54) is 26.2 Å². The van der Waals surface area contributed by atoms with Crippen LogP contribution in [0.4, 0.5) is 0 Å². The molecule has 8 heteroatoms. The zero-order valence-corrected chi connectivity index (χ0v) is 15.4. The third-order valence-electron chi connectivity index (χ3n) is 4.51. The van der Waals surface area contributed by atoms with Crippen LogP contribution < -0.4 is 14.2 Å². The van der Waals surface area contributed by atoms with Crippen LogP contribution in [-0.2, 0) is 9.84 Å². The first kappa shape index (κ1) is 18.4. The van der Waals surface area contributed by atoms with Gasteiger partial charge in [0.05, 0.1) is 38.4 Å². The molecule has 24 heavy (non-hydrogen) atoms. The Labute approximate surface area is 142 Å². The monoisotopic (exact) mass is 357 g/mol. The molecule has 0 radical (unpaired) electrons. The second-order valence-corrected chi connectivity index (χ2v) is 8.30. The molecule has 0 aliphatic carbocycles. The molecule has 0 saturated carbocycles. The van der Waals surface area contributed by atoms with Gasteiger partial charge < -0.3 is 19.1 Å². The fourth-order valence-corrected chi connectivity index (χ4v) is 5.08. The van der Waals surface area contributed by atoms with Gasteiger partial charge in [0.15, 0.2) is 21.3 Å². The molecule has 1 aromatic rings. The lowest BCUT2D eigenvalue weighted by Gasteiger charge is -2.34. The molecule has 0 aromatic heterocycles. The minimum Gasteiger partial charge on any atom is -0.493 e. The van der Waals surface area contributed by atoms with Gasteiger partial charge in [-0.05, 0) is 25.5 Å². The summed E-state index contributed by atoms with van der Waals surface area (Å²) in [5.74, 6) is 0.904. The van der Waals surface area contributed by atoms with Gasteiger partial charge in [0.2, 0.25) is 5.75 Å². The number of ether oxygens (including phenoxy) is 3. The lowest BCUT2D eigenvalue weighted by atomic mass is 9.98. The lowest BCUT2D eigenvalue weighted by Crippen LogP contribution is -2.48. The van der Waals surface area contributed by atoms with Crippen LogP contribution in [0, 0.1) is 0 Å². The molecule has 1 fully saturated rings. The Bertz CT molecular complexity index is 720. The standard InChI is InChI=1S/C16H23NO6S/c1-16(6-7-24(19,20)10-16)17(2)15(18)11-8-12(21-3)14(23-5)13(9-11)22-4/h8-9H,6-7,10H2,1-5H3/t16-/m1/s1. The zero-order valence-electron chi connectivity index (χ0n) is 14.6. The topological polar surface area (TPSA) is 82.1 Å². The van der Waals surface area contributed by atoms with Gasteiger partial charge in [0.25, 0.3) is 5.91 Å². The summed E-state index contributed by atoms with van der Waals surface area (Å²) >= 11 is 0. The molecule has 1 aliphatic rings. The van der Waals surface area contributed by atoms with Gasteiger partial charge >= 0.3 is 0 Å². The van der Waals surface area contributed by atoms with Crippen molar-refractivity contribution in [1.29, 1.82) is 0 Å². The Hall–Kier alpha value is -1.96. The fraction of sp³-hybridized carbons (Fsp3) is 0.562. The number of rotatable bonds is 5. The summed E-state index contributed by atoms with van der Waals surface area (Å²) in [7, 11) is 2.93. The van der Waals surface area contributed by atoms with Gasteiger partial charge in [-0.3, -0.25) is 4.79 Å². The largest absolute Gasteiger partial charge is 0.493 e. The number of hydrogen-bond acceptors (Lipinski definition) is 6. The summed E-state index contributed by atoms with van der Waals surface area (Å²) in [6.45, 7) is 1.79. The van der Waals surface area contributed by atoms with Crippen molar-refractivity contribution in [3.63, 3.8) is 0 Å². The van der Waals surface area contributed by atoms with E-state index in [-0.39, 0.29) is 17.4 Å². The Morgan fingerprint density at radius 3 is 2.04 bits per heavy atom. The van der Waals surface area contributed by atoms with Gasteiger partial charge in [-0.1, -0.05) is 0 Å². The molecule has 0 bridgehead atoms. The third kappa shape index (κ3) is 3.28. The number of amides is 1. The van der Waals surface area contributed by atoms with Crippen LogP contribution in [0.1, 0.15) is 23.7 Å². The number of carbonyl (C=O) groups excluding carboxylic acids is 1. The van der Waals surface area contributed by atoms with Crippen molar-refractivity contribution < 1.29 is 27.4 Å². The summed E-state index contributed by atoms with van der Waals surface area (Å²) < 4.78 is 39.4.